The Kier molecular flexibility index (Phi) is 6.64. The molecule has 0 radical (unpaired) electrons. The molecule has 0 fully saturated rings. The number of amides is 1. The van der Waals surface area contributed by atoms with Gasteiger partial charge in [0.05, 0.1) is 11.1 Å². The molecule has 1 aliphatic rings. The number of anilines is 1. The summed E-state index contributed by atoms with van der Waals surface area (Å²) in [6, 6.07) is 21.5. The lowest BCUT2D eigenvalue weighted by molar-refractivity contribution is -0.119. The third-order valence-corrected chi connectivity index (χ3v) is 6.15. The standard InChI is InChI=1S/C28H23ClN2O4/c29-18-9-13-20(14-10-18)35-21-15-11-19(12-16-21)30-26(32)17-34-28(33)27-22-5-1-3-7-24(22)31-25-8-4-2-6-23(25)27/h1,3,5,7,9-16H,2,4,6,8,17H2,(H,30,32). The second-order valence-electron chi connectivity index (χ2n) is 8.34. The highest BCUT2D eigenvalue weighted by atomic mass is 35.5. The molecule has 5 rings (SSSR count). The number of aromatic nitrogens is 1. The maximum atomic E-state index is 13.1. The van der Waals surface area contributed by atoms with E-state index in [1.165, 1.54) is 0 Å². The molecule has 3 aromatic carbocycles. The van der Waals surface area contributed by atoms with Crippen molar-refractivity contribution < 1.29 is 19.1 Å². The van der Waals surface area contributed by atoms with Gasteiger partial charge in [0.1, 0.15) is 11.5 Å². The topological polar surface area (TPSA) is 77.5 Å². The van der Waals surface area contributed by atoms with E-state index in [1.54, 1.807) is 48.5 Å². The third-order valence-electron chi connectivity index (χ3n) is 5.90. The molecule has 6 nitrogen and oxygen atoms in total. The van der Waals surface area contributed by atoms with Crippen LogP contribution in [0.3, 0.4) is 0 Å². The van der Waals surface area contributed by atoms with Crippen LogP contribution >= 0.6 is 11.6 Å². The van der Waals surface area contributed by atoms with Gasteiger partial charge >= 0.3 is 5.97 Å². The predicted octanol–water partition coefficient (Wildman–Crippen LogP) is 6.35. The number of hydrogen-bond donors (Lipinski definition) is 1. The van der Waals surface area contributed by atoms with Crippen LogP contribution in [0, 0.1) is 0 Å². The van der Waals surface area contributed by atoms with Crippen LogP contribution in [0.5, 0.6) is 11.5 Å². The van der Waals surface area contributed by atoms with Crippen molar-refractivity contribution >= 4 is 40.1 Å². The SMILES string of the molecule is O=C(COC(=O)c1c2c(nc3ccccc13)CCCC2)Nc1ccc(Oc2ccc(Cl)cc2)cc1. The highest BCUT2D eigenvalue weighted by Gasteiger charge is 2.24. The van der Waals surface area contributed by atoms with Crippen molar-refractivity contribution in [3.8, 4) is 11.5 Å². The Bertz CT molecular complexity index is 1390. The van der Waals surface area contributed by atoms with Crippen LogP contribution in [0.25, 0.3) is 10.9 Å². The van der Waals surface area contributed by atoms with E-state index >= 15 is 0 Å². The Labute approximate surface area is 207 Å². The van der Waals surface area contributed by atoms with E-state index in [2.05, 4.69) is 5.32 Å². The number of benzene rings is 3. The first-order valence-electron chi connectivity index (χ1n) is 11.5. The summed E-state index contributed by atoms with van der Waals surface area (Å²) in [7, 11) is 0. The van der Waals surface area contributed by atoms with Gasteiger partial charge in [-0.3, -0.25) is 9.78 Å². The molecule has 0 bridgehead atoms. The van der Waals surface area contributed by atoms with Gasteiger partial charge in [-0.2, -0.15) is 0 Å². The molecule has 0 unspecified atom stereocenters. The zero-order valence-electron chi connectivity index (χ0n) is 18.9. The summed E-state index contributed by atoms with van der Waals surface area (Å²) < 4.78 is 11.2. The summed E-state index contributed by atoms with van der Waals surface area (Å²) >= 11 is 5.89. The van der Waals surface area contributed by atoms with Crippen LogP contribution in [-0.4, -0.2) is 23.5 Å². The molecule has 0 saturated heterocycles. The molecule has 1 aromatic heterocycles. The minimum atomic E-state index is -0.497. The highest BCUT2D eigenvalue weighted by Crippen LogP contribution is 2.30. The fraction of sp³-hybridized carbons (Fsp3) is 0.179. The summed E-state index contributed by atoms with van der Waals surface area (Å²) in [5, 5.41) is 4.14. The monoisotopic (exact) mass is 486 g/mol. The molecule has 1 N–H and O–H groups in total. The first-order valence-corrected chi connectivity index (χ1v) is 11.9. The number of aryl methyl sites for hydroxylation is 1. The Morgan fingerprint density at radius 3 is 2.34 bits per heavy atom. The number of halogens is 1. The largest absolute Gasteiger partial charge is 0.457 e. The van der Waals surface area contributed by atoms with Crippen LogP contribution in [0.15, 0.2) is 72.8 Å². The summed E-state index contributed by atoms with van der Waals surface area (Å²) in [5.74, 6) is 0.357. The fourth-order valence-corrected chi connectivity index (χ4v) is 4.38. The van der Waals surface area contributed by atoms with Crippen LogP contribution in [0.2, 0.25) is 5.02 Å². The maximum Gasteiger partial charge on any atom is 0.339 e. The molecule has 0 aliphatic heterocycles. The van der Waals surface area contributed by atoms with E-state index in [0.29, 0.717) is 27.8 Å². The number of fused-ring (bicyclic) bond motifs is 2. The van der Waals surface area contributed by atoms with Crippen LogP contribution in [0.1, 0.15) is 34.5 Å². The summed E-state index contributed by atoms with van der Waals surface area (Å²) in [5.41, 5.74) is 3.76. The van der Waals surface area contributed by atoms with Gasteiger partial charge in [-0.25, -0.2) is 4.79 Å². The van der Waals surface area contributed by atoms with Crippen molar-refractivity contribution in [2.24, 2.45) is 0 Å². The lowest BCUT2D eigenvalue weighted by Crippen LogP contribution is -2.22. The number of para-hydroxylation sites is 1. The minimum Gasteiger partial charge on any atom is -0.457 e. The average molecular weight is 487 g/mol. The number of carbonyl (C=O) groups excluding carboxylic acids is 2. The molecule has 1 aliphatic carbocycles. The summed E-state index contributed by atoms with van der Waals surface area (Å²) in [6.07, 6.45) is 3.69. The van der Waals surface area contributed by atoms with Crippen LogP contribution in [0.4, 0.5) is 5.69 Å². The van der Waals surface area contributed by atoms with Crippen LogP contribution in [-0.2, 0) is 22.4 Å². The number of hydrogen-bond acceptors (Lipinski definition) is 5. The molecule has 0 spiro atoms. The Hall–Kier alpha value is -3.90. The van der Waals surface area contributed by atoms with E-state index < -0.39 is 11.9 Å². The second-order valence-corrected chi connectivity index (χ2v) is 8.78. The molecule has 4 aromatic rings. The molecule has 176 valence electrons. The fourth-order valence-electron chi connectivity index (χ4n) is 4.25. The van der Waals surface area contributed by atoms with Crippen molar-refractivity contribution in [1.82, 2.24) is 4.98 Å². The third kappa shape index (κ3) is 5.28. The van der Waals surface area contributed by atoms with Gasteiger partial charge in [-0.05, 0) is 85.8 Å². The van der Waals surface area contributed by atoms with Crippen LogP contribution < -0.4 is 10.1 Å². The number of ether oxygens (including phenoxy) is 2. The smallest absolute Gasteiger partial charge is 0.339 e. The zero-order chi connectivity index (χ0) is 24.2. The molecular formula is C28H23ClN2O4. The number of esters is 1. The lowest BCUT2D eigenvalue weighted by Gasteiger charge is -2.19. The molecule has 0 saturated carbocycles. The molecule has 1 heterocycles. The molecular weight excluding hydrogens is 464 g/mol. The molecule has 7 heteroatoms. The van der Waals surface area contributed by atoms with Crippen molar-refractivity contribution in [2.45, 2.75) is 25.7 Å². The Balaban J connectivity index is 1.23. The van der Waals surface area contributed by atoms with E-state index in [4.69, 9.17) is 26.1 Å². The zero-order valence-corrected chi connectivity index (χ0v) is 19.7. The predicted molar refractivity (Wildman–Crippen MR) is 135 cm³/mol. The second kappa shape index (κ2) is 10.2. The first kappa shape index (κ1) is 22.9. The average Bonchev–Trinajstić information content (AvgIpc) is 2.88. The first-order chi connectivity index (χ1) is 17.1. The summed E-state index contributed by atoms with van der Waals surface area (Å²) in [6.45, 7) is -0.382. The Morgan fingerprint density at radius 1 is 0.886 bits per heavy atom. The molecule has 35 heavy (non-hydrogen) atoms. The van der Waals surface area contributed by atoms with Gasteiger partial charge in [0, 0.05) is 21.8 Å². The maximum absolute atomic E-state index is 13.1. The number of pyridine rings is 1. The number of nitrogens with zero attached hydrogens (tertiary/aromatic N) is 1. The quantitative estimate of drug-likeness (QED) is 0.321. The van der Waals surface area contributed by atoms with Gasteiger partial charge in [0.2, 0.25) is 0 Å². The number of carbonyl (C=O) groups is 2. The number of nitrogens with one attached hydrogen (secondary N) is 1. The minimum absolute atomic E-state index is 0.382. The van der Waals surface area contributed by atoms with Crippen molar-refractivity contribution in [3.05, 3.63) is 94.6 Å². The van der Waals surface area contributed by atoms with E-state index in [1.807, 2.05) is 24.3 Å². The summed E-state index contributed by atoms with van der Waals surface area (Å²) in [4.78, 5) is 30.3. The molecule has 1 amide bonds. The van der Waals surface area contributed by atoms with Gasteiger partial charge in [0.25, 0.3) is 5.91 Å². The Morgan fingerprint density at radius 2 is 1.57 bits per heavy atom. The lowest BCUT2D eigenvalue weighted by atomic mass is 9.90. The van der Waals surface area contributed by atoms with Crippen molar-refractivity contribution in [2.75, 3.05) is 11.9 Å². The molecule has 0 atom stereocenters. The van der Waals surface area contributed by atoms with E-state index in [-0.39, 0.29) is 6.61 Å². The normalized spacial score (nSPS) is 12.6. The van der Waals surface area contributed by atoms with E-state index in [0.717, 1.165) is 47.8 Å². The van der Waals surface area contributed by atoms with E-state index in [9.17, 15) is 9.59 Å². The van der Waals surface area contributed by atoms with Crippen molar-refractivity contribution in [1.29, 1.82) is 0 Å². The van der Waals surface area contributed by atoms with Gasteiger partial charge in [-0.15, -0.1) is 0 Å². The van der Waals surface area contributed by atoms with Gasteiger partial charge in [-0.1, -0.05) is 29.8 Å². The van der Waals surface area contributed by atoms with Crippen molar-refractivity contribution in [3.63, 3.8) is 0 Å². The van der Waals surface area contributed by atoms with Gasteiger partial charge in [0.15, 0.2) is 6.61 Å². The van der Waals surface area contributed by atoms with Gasteiger partial charge < -0.3 is 14.8 Å². The number of rotatable bonds is 6. The highest BCUT2D eigenvalue weighted by molar-refractivity contribution is 6.30.